The second-order valence-electron chi connectivity index (χ2n) is 5.73. The molecule has 2 atom stereocenters. The van der Waals surface area contributed by atoms with Gasteiger partial charge in [0, 0.05) is 25.1 Å². The summed E-state index contributed by atoms with van der Waals surface area (Å²) in [6.07, 6.45) is 8.01. The van der Waals surface area contributed by atoms with Crippen LogP contribution in [0.2, 0.25) is 0 Å². The first kappa shape index (κ1) is 15.1. The van der Waals surface area contributed by atoms with E-state index >= 15 is 0 Å². The van der Waals surface area contributed by atoms with Gasteiger partial charge in [0.05, 0.1) is 12.0 Å². The van der Waals surface area contributed by atoms with E-state index in [4.69, 9.17) is 16.3 Å². The van der Waals surface area contributed by atoms with E-state index in [9.17, 15) is 4.79 Å². The first-order valence-corrected chi connectivity index (χ1v) is 8.29. The minimum atomic E-state index is 0.0649. The Hall–Kier alpha value is -0.280. The van der Waals surface area contributed by atoms with Crippen LogP contribution in [-0.2, 0) is 9.53 Å². The first-order chi connectivity index (χ1) is 9.27. The summed E-state index contributed by atoms with van der Waals surface area (Å²) in [5.41, 5.74) is 0. The zero-order valence-corrected chi connectivity index (χ0v) is 12.7. The van der Waals surface area contributed by atoms with E-state index in [1.54, 1.807) is 0 Å². The number of ether oxygens (including phenoxy) is 1. The molecule has 3 nitrogen and oxygen atoms in total. The molecule has 1 saturated heterocycles. The van der Waals surface area contributed by atoms with Crippen molar-refractivity contribution in [3.05, 3.63) is 0 Å². The quantitative estimate of drug-likeness (QED) is 0.727. The van der Waals surface area contributed by atoms with Crippen molar-refractivity contribution in [3.8, 4) is 0 Å². The summed E-state index contributed by atoms with van der Waals surface area (Å²) in [5, 5.41) is 0. The third kappa shape index (κ3) is 3.63. The molecule has 19 heavy (non-hydrogen) atoms. The Kier molecular flexibility index (Phi) is 5.96. The van der Waals surface area contributed by atoms with Crippen molar-refractivity contribution in [2.75, 3.05) is 19.0 Å². The van der Waals surface area contributed by atoms with Gasteiger partial charge in [0.25, 0.3) is 0 Å². The number of halogens is 1. The van der Waals surface area contributed by atoms with Crippen molar-refractivity contribution >= 4 is 17.5 Å². The highest BCUT2D eigenvalue weighted by atomic mass is 35.5. The van der Waals surface area contributed by atoms with Crippen molar-refractivity contribution in [2.45, 2.75) is 64.0 Å². The molecule has 2 fully saturated rings. The molecule has 2 unspecified atom stereocenters. The van der Waals surface area contributed by atoms with Gasteiger partial charge in [-0.05, 0) is 25.7 Å². The van der Waals surface area contributed by atoms with Crippen LogP contribution in [-0.4, -0.2) is 42.0 Å². The number of hydrogen-bond donors (Lipinski definition) is 0. The van der Waals surface area contributed by atoms with Gasteiger partial charge in [-0.1, -0.05) is 26.2 Å². The number of nitrogens with zero attached hydrogens (tertiary/aromatic N) is 1. The standard InChI is InChI=1S/C15H26ClNO2/c1-2-14-13(8-11-19-14)15(18)17(10-9-16)12-6-4-3-5-7-12/h12-14H,2-11H2,1H3. The van der Waals surface area contributed by atoms with Gasteiger partial charge in [-0.25, -0.2) is 0 Å². The van der Waals surface area contributed by atoms with E-state index in [1.165, 1.54) is 19.3 Å². The van der Waals surface area contributed by atoms with Gasteiger partial charge < -0.3 is 9.64 Å². The van der Waals surface area contributed by atoms with E-state index in [1.807, 2.05) is 0 Å². The number of amides is 1. The average molecular weight is 288 g/mol. The Morgan fingerprint density at radius 2 is 2.00 bits per heavy atom. The lowest BCUT2D eigenvalue weighted by atomic mass is 9.91. The Labute approximate surface area is 121 Å². The molecule has 0 bridgehead atoms. The van der Waals surface area contributed by atoms with Crippen LogP contribution in [0.4, 0.5) is 0 Å². The Bertz CT molecular complexity index is 292. The fourth-order valence-corrected chi connectivity index (χ4v) is 3.68. The smallest absolute Gasteiger partial charge is 0.228 e. The van der Waals surface area contributed by atoms with E-state index in [0.717, 1.165) is 32.3 Å². The summed E-state index contributed by atoms with van der Waals surface area (Å²) in [6.45, 7) is 3.52. The van der Waals surface area contributed by atoms with Crippen molar-refractivity contribution in [3.63, 3.8) is 0 Å². The molecule has 1 amide bonds. The highest BCUT2D eigenvalue weighted by Crippen LogP contribution is 2.29. The minimum absolute atomic E-state index is 0.0649. The molecule has 1 aliphatic carbocycles. The number of alkyl halides is 1. The van der Waals surface area contributed by atoms with Crippen LogP contribution in [0.25, 0.3) is 0 Å². The third-order valence-electron chi connectivity index (χ3n) is 4.55. The van der Waals surface area contributed by atoms with Crippen molar-refractivity contribution in [1.82, 2.24) is 4.90 Å². The second kappa shape index (κ2) is 7.49. The normalized spacial score (nSPS) is 28.5. The van der Waals surface area contributed by atoms with Crippen LogP contribution in [0.15, 0.2) is 0 Å². The summed E-state index contributed by atoms with van der Waals surface area (Å²) in [4.78, 5) is 14.9. The SMILES string of the molecule is CCC1OCCC1C(=O)N(CCCl)C1CCCCC1. The van der Waals surface area contributed by atoms with Crippen molar-refractivity contribution in [2.24, 2.45) is 5.92 Å². The van der Waals surface area contributed by atoms with Crippen molar-refractivity contribution < 1.29 is 9.53 Å². The van der Waals surface area contributed by atoms with Gasteiger partial charge in [0.15, 0.2) is 0 Å². The summed E-state index contributed by atoms with van der Waals surface area (Å²) >= 11 is 5.91. The molecule has 0 aromatic heterocycles. The highest BCUT2D eigenvalue weighted by Gasteiger charge is 2.37. The van der Waals surface area contributed by atoms with Gasteiger partial charge in [-0.3, -0.25) is 4.79 Å². The lowest BCUT2D eigenvalue weighted by Gasteiger charge is -2.36. The van der Waals surface area contributed by atoms with Gasteiger partial charge in [0.1, 0.15) is 0 Å². The van der Waals surface area contributed by atoms with E-state index in [0.29, 0.717) is 18.5 Å². The van der Waals surface area contributed by atoms with Crippen LogP contribution in [0.1, 0.15) is 51.9 Å². The van der Waals surface area contributed by atoms with Crippen molar-refractivity contribution in [1.29, 1.82) is 0 Å². The second-order valence-corrected chi connectivity index (χ2v) is 6.10. The molecule has 2 rings (SSSR count). The zero-order valence-electron chi connectivity index (χ0n) is 11.9. The number of carbonyl (C=O) groups excluding carboxylic acids is 1. The fourth-order valence-electron chi connectivity index (χ4n) is 3.50. The minimum Gasteiger partial charge on any atom is -0.377 e. The molecule has 1 heterocycles. The summed E-state index contributed by atoms with van der Waals surface area (Å²) in [5.74, 6) is 0.888. The van der Waals surface area contributed by atoms with Crippen LogP contribution >= 0.6 is 11.6 Å². The van der Waals surface area contributed by atoms with E-state index in [-0.39, 0.29) is 17.9 Å². The zero-order chi connectivity index (χ0) is 13.7. The lowest BCUT2D eigenvalue weighted by molar-refractivity contribution is -0.140. The largest absolute Gasteiger partial charge is 0.377 e. The van der Waals surface area contributed by atoms with E-state index in [2.05, 4.69) is 11.8 Å². The molecule has 2 aliphatic rings. The molecule has 110 valence electrons. The van der Waals surface area contributed by atoms with Crippen LogP contribution in [0, 0.1) is 5.92 Å². The van der Waals surface area contributed by atoms with Crippen LogP contribution < -0.4 is 0 Å². The summed E-state index contributed by atoms with van der Waals surface area (Å²) in [6, 6.07) is 0.415. The molecule has 0 N–H and O–H groups in total. The average Bonchev–Trinajstić information content (AvgIpc) is 2.93. The van der Waals surface area contributed by atoms with Gasteiger partial charge in [0.2, 0.25) is 5.91 Å². The predicted molar refractivity (Wildman–Crippen MR) is 77.4 cm³/mol. The Morgan fingerprint density at radius 3 is 2.63 bits per heavy atom. The first-order valence-electron chi connectivity index (χ1n) is 7.76. The molecule has 4 heteroatoms. The Morgan fingerprint density at radius 1 is 1.26 bits per heavy atom. The predicted octanol–water partition coefficient (Wildman–Crippen LogP) is 3.20. The summed E-state index contributed by atoms with van der Waals surface area (Å²) < 4.78 is 5.67. The molecule has 0 radical (unpaired) electrons. The van der Waals surface area contributed by atoms with Crippen LogP contribution in [0.5, 0.6) is 0 Å². The lowest BCUT2D eigenvalue weighted by Crippen LogP contribution is -2.47. The fraction of sp³-hybridized carbons (Fsp3) is 0.933. The summed E-state index contributed by atoms with van der Waals surface area (Å²) in [7, 11) is 0. The van der Waals surface area contributed by atoms with Gasteiger partial charge in [-0.15, -0.1) is 11.6 Å². The molecular weight excluding hydrogens is 262 g/mol. The number of rotatable bonds is 5. The maximum Gasteiger partial charge on any atom is 0.228 e. The maximum absolute atomic E-state index is 12.8. The molecule has 0 aromatic carbocycles. The molecule has 0 aromatic rings. The monoisotopic (exact) mass is 287 g/mol. The highest BCUT2D eigenvalue weighted by molar-refractivity contribution is 6.18. The van der Waals surface area contributed by atoms with Gasteiger partial charge in [-0.2, -0.15) is 0 Å². The molecule has 1 aliphatic heterocycles. The molecule has 0 spiro atoms. The maximum atomic E-state index is 12.8. The third-order valence-corrected chi connectivity index (χ3v) is 4.72. The topological polar surface area (TPSA) is 29.5 Å². The number of hydrogen-bond acceptors (Lipinski definition) is 2. The van der Waals surface area contributed by atoms with E-state index < -0.39 is 0 Å². The molecular formula is C15H26ClNO2. The van der Waals surface area contributed by atoms with Crippen LogP contribution in [0.3, 0.4) is 0 Å². The Balaban J connectivity index is 2.02. The molecule has 1 saturated carbocycles. The number of carbonyl (C=O) groups is 1. The van der Waals surface area contributed by atoms with Gasteiger partial charge >= 0.3 is 0 Å².